The van der Waals surface area contributed by atoms with E-state index in [1.54, 1.807) is 38.3 Å². The Morgan fingerprint density at radius 2 is 1.97 bits per heavy atom. The fourth-order valence-electron chi connectivity index (χ4n) is 3.23. The zero-order valence-corrected chi connectivity index (χ0v) is 16.4. The molecule has 156 valence electrons. The number of benzene rings is 1. The summed E-state index contributed by atoms with van der Waals surface area (Å²) in [7, 11) is 1.55. The van der Waals surface area contributed by atoms with Crippen LogP contribution in [0.3, 0.4) is 0 Å². The van der Waals surface area contributed by atoms with Crippen molar-refractivity contribution in [2.75, 3.05) is 26.9 Å². The Bertz CT molecular complexity index is 798. The number of hydrogen-bond donors (Lipinski definition) is 2. The van der Waals surface area contributed by atoms with Gasteiger partial charge in [-0.3, -0.25) is 0 Å². The zero-order valence-electron chi connectivity index (χ0n) is 16.4. The normalized spacial score (nSPS) is 21.2. The lowest BCUT2D eigenvalue weighted by atomic mass is 9.95. The summed E-state index contributed by atoms with van der Waals surface area (Å²) in [5.41, 5.74) is 1.02. The minimum absolute atomic E-state index is 0.161. The molecule has 1 saturated heterocycles. The van der Waals surface area contributed by atoms with E-state index >= 15 is 0 Å². The van der Waals surface area contributed by atoms with E-state index in [-0.39, 0.29) is 24.5 Å². The first-order valence-corrected chi connectivity index (χ1v) is 9.43. The molecular weight excluding hydrogens is 380 g/mol. The topological polar surface area (TPSA) is 112 Å². The molecule has 2 aliphatic rings. The van der Waals surface area contributed by atoms with Crippen molar-refractivity contribution in [3.8, 4) is 5.75 Å². The summed E-state index contributed by atoms with van der Waals surface area (Å²) in [5.74, 6) is -0.489. The van der Waals surface area contributed by atoms with Crippen molar-refractivity contribution in [3.05, 3.63) is 41.1 Å². The molecule has 0 aliphatic carbocycles. The predicted octanol–water partition coefficient (Wildman–Crippen LogP) is 1.59. The van der Waals surface area contributed by atoms with Crippen LogP contribution in [0.1, 0.15) is 31.4 Å². The molecule has 2 N–H and O–H groups in total. The van der Waals surface area contributed by atoms with Gasteiger partial charge in [0.15, 0.2) is 6.10 Å². The third kappa shape index (κ3) is 4.86. The SMILES string of the molecule is CCOC(=O)C1=C(COC(=O)C2CCCO2)NC(=O)NC1c1ccc(OC)cc1. The molecule has 2 amide bonds. The molecule has 2 unspecified atom stereocenters. The van der Waals surface area contributed by atoms with E-state index in [2.05, 4.69) is 10.6 Å². The number of urea groups is 1. The highest BCUT2D eigenvalue weighted by molar-refractivity contribution is 5.95. The number of nitrogens with one attached hydrogen (secondary N) is 2. The highest BCUT2D eigenvalue weighted by Crippen LogP contribution is 2.29. The highest BCUT2D eigenvalue weighted by atomic mass is 16.6. The molecule has 1 fully saturated rings. The monoisotopic (exact) mass is 404 g/mol. The van der Waals surface area contributed by atoms with Gasteiger partial charge >= 0.3 is 18.0 Å². The Kier molecular flexibility index (Phi) is 6.71. The van der Waals surface area contributed by atoms with Crippen molar-refractivity contribution in [1.29, 1.82) is 0 Å². The van der Waals surface area contributed by atoms with Crippen molar-refractivity contribution in [3.63, 3.8) is 0 Å². The minimum Gasteiger partial charge on any atom is -0.497 e. The van der Waals surface area contributed by atoms with E-state index in [1.165, 1.54) is 0 Å². The van der Waals surface area contributed by atoms with Crippen molar-refractivity contribution < 1.29 is 33.3 Å². The standard InChI is InChI=1S/C20H24N2O7/c1-3-27-19(24)16-14(11-29-18(23)15-5-4-10-28-15)21-20(25)22-17(16)12-6-8-13(26-2)9-7-12/h6-9,15,17H,3-5,10-11H2,1-2H3,(H2,21,22,25). The molecule has 0 aromatic heterocycles. The largest absolute Gasteiger partial charge is 0.497 e. The summed E-state index contributed by atoms with van der Waals surface area (Å²) >= 11 is 0. The Morgan fingerprint density at radius 1 is 1.21 bits per heavy atom. The summed E-state index contributed by atoms with van der Waals surface area (Å²) in [6, 6.07) is 5.66. The molecule has 2 atom stereocenters. The molecule has 0 radical (unpaired) electrons. The number of carbonyl (C=O) groups excluding carboxylic acids is 3. The summed E-state index contributed by atoms with van der Waals surface area (Å²) in [6.45, 7) is 2.09. The molecule has 29 heavy (non-hydrogen) atoms. The van der Waals surface area contributed by atoms with Gasteiger partial charge in [-0.1, -0.05) is 12.1 Å². The number of methoxy groups -OCH3 is 1. The van der Waals surface area contributed by atoms with Crippen molar-refractivity contribution >= 4 is 18.0 Å². The van der Waals surface area contributed by atoms with E-state index in [0.29, 0.717) is 24.3 Å². The van der Waals surface area contributed by atoms with Gasteiger partial charge in [0.25, 0.3) is 0 Å². The molecule has 1 aromatic rings. The van der Waals surface area contributed by atoms with Gasteiger partial charge < -0.3 is 29.6 Å². The van der Waals surface area contributed by atoms with Crippen molar-refractivity contribution in [2.45, 2.75) is 31.9 Å². The maximum Gasteiger partial charge on any atom is 0.338 e. The summed E-state index contributed by atoms with van der Waals surface area (Å²) in [6.07, 6.45) is 0.762. The molecule has 2 aliphatic heterocycles. The number of rotatable bonds is 7. The molecule has 9 heteroatoms. The maximum atomic E-state index is 12.7. The van der Waals surface area contributed by atoms with Crippen LogP contribution in [0.5, 0.6) is 5.75 Å². The van der Waals surface area contributed by atoms with Gasteiger partial charge in [0.1, 0.15) is 12.4 Å². The van der Waals surface area contributed by atoms with Gasteiger partial charge in [-0.15, -0.1) is 0 Å². The summed E-state index contributed by atoms with van der Waals surface area (Å²) in [4.78, 5) is 37.0. The molecule has 2 heterocycles. The number of carbonyl (C=O) groups is 3. The van der Waals surface area contributed by atoms with Crippen LogP contribution in [-0.4, -0.2) is 51.0 Å². The van der Waals surface area contributed by atoms with E-state index in [9.17, 15) is 14.4 Å². The smallest absolute Gasteiger partial charge is 0.338 e. The van der Waals surface area contributed by atoms with Gasteiger partial charge in [0.2, 0.25) is 0 Å². The lowest BCUT2D eigenvalue weighted by Crippen LogP contribution is -2.47. The fourth-order valence-corrected chi connectivity index (χ4v) is 3.23. The van der Waals surface area contributed by atoms with Crippen LogP contribution in [0.25, 0.3) is 0 Å². The minimum atomic E-state index is -0.759. The molecule has 1 aromatic carbocycles. The molecular formula is C20H24N2O7. The van der Waals surface area contributed by atoms with Gasteiger partial charge in [-0.25, -0.2) is 14.4 Å². The summed E-state index contributed by atoms with van der Waals surface area (Å²) in [5, 5.41) is 5.28. The number of esters is 2. The highest BCUT2D eigenvalue weighted by Gasteiger charge is 2.35. The fraction of sp³-hybridized carbons (Fsp3) is 0.450. The zero-order chi connectivity index (χ0) is 20.8. The number of hydrogen-bond acceptors (Lipinski definition) is 7. The summed E-state index contributed by atoms with van der Waals surface area (Å²) < 4.78 is 20.9. The van der Waals surface area contributed by atoms with Crippen molar-refractivity contribution in [2.24, 2.45) is 0 Å². The van der Waals surface area contributed by atoms with E-state index in [4.69, 9.17) is 18.9 Å². The van der Waals surface area contributed by atoms with Gasteiger partial charge in [-0.2, -0.15) is 0 Å². The van der Waals surface area contributed by atoms with Crippen LogP contribution >= 0.6 is 0 Å². The average molecular weight is 404 g/mol. The lowest BCUT2D eigenvalue weighted by molar-refractivity contribution is -0.153. The van der Waals surface area contributed by atoms with Crippen LogP contribution in [0, 0.1) is 0 Å². The van der Waals surface area contributed by atoms with Crippen LogP contribution in [0.2, 0.25) is 0 Å². The number of ether oxygens (including phenoxy) is 4. The molecule has 3 rings (SSSR count). The first kappa shape index (κ1) is 20.7. The lowest BCUT2D eigenvalue weighted by Gasteiger charge is -2.29. The first-order chi connectivity index (χ1) is 14.0. The maximum absolute atomic E-state index is 12.7. The quantitative estimate of drug-likeness (QED) is 0.664. The van der Waals surface area contributed by atoms with Crippen molar-refractivity contribution in [1.82, 2.24) is 10.6 Å². The van der Waals surface area contributed by atoms with Crippen LogP contribution < -0.4 is 15.4 Å². The van der Waals surface area contributed by atoms with E-state index in [1.807, 2.05) is 0 Å². The van der Waals surface area contributed by atoms with Crippen LogP contribution in [0.4, 0.5) is 4.79 Å². The second-order valence-corrected chi connectivity index (χ2v) is 6.53. The second-order valence-electron chi connectivity index (χ2n) is 6.53. The van der Waals surface area contributed by atoms with Crippen LogP contribution in [0.15, 0.2) is 35.5 Å². The Labute approximate surface area is 168 Å². The third-order valence-electron chi connectivity index (χ3n) is 4.65. The predicted molar refractivity (Wildman–Crippen MR) is 101 cm³/mol. The van der Waals surface area contributed by atoms with Gasteiger partial charge in [-0.05, 0) is 37.5 Å². The third-order valence-corrected chi connectivity index (χ3v) is 4.65. The number of amides is 2. The average Bonchev–Trinajstić information content (AvgIpc) is 3.26. The van der Waals surface area contributed by atoms with Gasteiger partial charge in [0, 0.05) is 6.61 Å². The Hall–Kier alpha value is -3.07. The second kappa shape index (κ2) is 9.42. The molecule has 9 nitrogen and oxygen atoms in total. The Morgan fingerprint density at radius 3 is 2.59 bits per heavy atom. The van der Waals surface area contributed by atoms with Gasteiger partial charge in [0.05, 0.1) is 31.0 Å². The van der Waals surface area contributed by atoms with Crippen LogP contribution in [-0.2, 0) is 23.8 Å². The molecule has 0 saturated carbocycles. The van der Waals surface area contributed by atoms with E-state index in [0.717, 1.165) is 6.42 Å². The molecule has 0 spiro atoms. The Balaban J connectivity index is 1.88. The molecule has 0 bridgehead atoms. The first-order valence-electron chi connectivity index (χ1n) is 9.43. The van der Waals surface area contributed by atoms with E-state index < -0.39 is 30.1 Å².